The molecule has 3 aromatic rings. The van der Waals surface area contributed by atoms with Crippen LogP contribution < -0.4 is 10.6 Å². The van der Waals surface area contributed by atoms with Gasteiger partial charge in [0.05, 0.1) is 6.26 Å². The van der Waals surface area contributed by atoms with E-state index in [1.165, 1.54) is 12.3 Å². The number of hydrogen-bond acceptors (Lipinski definition) is 4. The first kappa shape index (κ1) is 20.1. The lowest BCUT2D eigenvalue weighted by Crippen LogP contribution is -2.35. The highest BCUT2D eigenvalue weighted by atomic mass is 16.3. The van der Waals surface area contributed by atoms with E-state index in [1.54, 1.807) is 30.5 Å². The SMILES string of the molecule is Cc1ccc(C(=O)NC(=Cc2ccco2)C(=O)NCCc2ccccn2)cc1C. The number of amides is 2. The lowest BCUT2D eigenvalue weighted by atomic mass is 10.1. The number of benzene rings is 1. The lowest BCUT2D eigenvalue weighted by molar-refractivity contribution is -0.117. The zero-order chi connectivity index (χ0) is 20.6. The van der Waals surface area contributed by atoms with Crippen molar-refractivity contribution in [3.63, 3.8) is 0 Å². The lowest BCUT2D eigenvalue weighted by Gasteiger charge is -2.11. The van der Waals surface area contributed by atoms with Gasteiger partial charge in [-0.15, -0.1) is 0 Å². The molecule has 0 radical (unpaired) electrons. The van der Waals surface area contributed by atoms with Gasteiger partial charge in [0.1, 0.15) is 11.5 Å². The average molecular weight is 389 g/mol. The van der Waals surface area contributed by atoms with Gasteiger partial charge in [-0.3, -0.25) is 14.6 Å². The quantitative estimate of drug-likeness (QED) is 0.607. The zero-order valence-electron chi connectivity index (χ0n) is 16.4. The summed E-state index contributed by atoms with van der Waals surface area (Å²) in [5, 5.41) is 5.52. The average Bonchev–Trinajstić information content (AvgIpc) is 3.23. The number of carbonyl (C=O) groups excluding carboxylic acids is 2. The van der Waals surface area contributed by atoms with Crippen LogP contribution in [0.4, 0.5) is 0 Å². The number of carbonyl (C=O) groups is 2. The molecule has 0 aliphatic heterocycles. The molecule has 0 saturated heterocycles. The van der Waals surface area contributed by atoms with Crippen LogP contribution in [0.2, 0.25) is 0 Å². The third-order valence-corrected chi connectivity index (χ3v) is 4.48. The minimum Gasteiger partial charge on any atom is -0.465 e. The van der Waals surface area contributed by atoms with E-state index in [0.29, 0.717) is 24.3 Å². The highest BCUT2D eigenvalue weighted by Crippen LogP contribution is 2.11. The van der Waals surface area contributed by atoms with E-state index >= 15 is 0 Å². The monoisotopic (exact) mass is 389 g/mol. The number of hydrogen-bond donors (Lipinski definition) is 2. The summed E-state index contributed by atoms with van der Waals surface area (Å²) in [5.41, 5.74) is 3.58. The maximum absolute atomic E-state index is 12.7. The third kappa shape index (κ3) is 5.65. The topological polar surface area (TPSA) is 84.2 Å². The summed E-state index contributed by atoms with van der Waals surface area (Å²) in [6.07, 6.45) is 5.32. The maximum atomic E-state index is 12.7. The predicted molar refractivity (Wildman–Crippen MR) is 111 cm³/mol. The largest absolute Gasteiger partial charge is 0.465 e. The molecular weight excluding hydrogens is 366 g/mol. The van der Waals surface area contributed by atoms with Crippen LogP contribution in [-0.2, 0) is 11.2 Å². The molecule has 0 unspecified atom stereocenters. The van der Waals surface area contributed by atoms with Crippen molar-refractivity contribution >= 4 is 17.9 Å². The summed E-state index contributed by atoms with van der Waals surface area (Å²) in [4.78, 5) is 29.6. The van der Waals surface area contributed by atoms with Crippen molar-refractivity contribution in [3.8, 4) is 0 Å². The van der Waals surface area contributed by atoms with Crippen molar-refractivity contribution in [2.24, 2.45) is 0 Å². The van der Waals surface area contributed by atoms with Gasteiger partial charge >= 0.3 is 0 Å². The van der Waals surface area contributed by atoms with E-state index in [2.05, 4.69) is 15.6 Å². The molecule has 2 N–H and O–H groups in total. The Kier molecular flexibility index (Phi) is 6.58. The van der Waals surface area contributed by atoms with Gasteiger partial charge in [0, 0.05) is 36.5 Å². The van der Waals surface area contributed by atoms with E-state index < -0.39 is 5.91 Å². The van der Waals surface area contributed by atoms with Crippen LogP contribution in [0.5, 0.6) is 0 Å². The first-order valence-electron chi connectivity index (χ1n) is 9.35. The molecule has 2 aromatic heterocycles. The minimum absolute atomic E-state index is 0.115. The molecule has 0 saturated carbocycles. The first-order valence-corrected chi connectivity index (χ1v) is 9.35. The Morgan fingerprint density at radius 1 is 1.07 bits per heavy atom. The van der Waals surface area contributed by atoms with Crippen LogP contribution in [0.1, 0.15) is 32.9 Å². The second kappa shape index (κ2) is 9.50. The molecular formula is C23H23N3O3. The number of aryl methyl sites for hydroxylation is 2. The molecule has 2 amide bonds. The molecule has 0 aliphatic carbocycles. The second-order valence-corrected chi connectivity index (χ2v) is 6.65. The van der Waals surface area contributed by atoms with Crippen molar-refractivity contribution in [1.29, 1.82) is 0 Å². The second-order valence-electron chi connectivity index (χ2n) is 6.65. The van der Waals surface area contributed by atoms with Crippen LogP contribution in [0.3, 0.4) is 0 Å². The summed E-state index contributed by atoms with van der Waals surface area (Å²) in [5.74, 6) is -0.277. The summed E-state index contributed by atoms with van der Waals surface area (Å²) in [6.45, 7) is 4.31. The molecule has 3 rings (SSSR count). The van der Waals surface area contributed by atoms with Crippen molar-refractivity contribution < 1.29 is 14.0 Å². The maximum Gasteiger partial charge on any atom is 0.267 e. The molecule has 0 atom stereocenters. The van der Waals surface area contributed by atoms with Crippen molar-refractivity contribution in [1.82, 2.24) is 15.6 Å². The van der Waals surface area contributed by atoms with Gasteiger partial charge in [0.25, 0.3) is 11.8 Å². The Labute approximate surface area is 169 Å². The third-order valence-electron chi connectivity index (χ3n) is 4.48. The molecule has 0 aliphatic rings. The van der Waals surface area contributed by atoms with Gasteiger partial charge < -0.3 is 15.1 Å². The smallest absolute Gasteiger partial charge is 0.267 e. The minimum atomic E-state index is -0.394. The predicted octanol–water partition coefficient (Wildman–Crippen LogP) is 3.42. The van der Waals surface area contributed by atoms with E-state index in [9.17, 15) is 9.59 Å². The normalized spacial score (nSPS) is 11.2. The fraction of sp³-hybridized carbons (Fsp3) is 0.174. The fourth-order valence-corrected chi connectivity index (χ4v) is 2.70. The van der Waals surface area contributed by atoms with Gasteiger partial charge in [-0.25, -0.2) is 0 Å². The Morgan fingerprint density at radius 2 is 1.93 bits per heavy atom. The molecule has 0 bridgehead atoms. The van der Waals surface area contributed by atoms with Crippen LogP contribution in [0.25, 0.3) is 6.08 Å². The Balaban J connectivity index is 1.71. The van der Waals surface area contributed by atoms with Crippen molar-refractivity contribution in [2.45, 2.75) is 20.3 Å². The van der Waals surface area contributed by atoms with Gasteiger partial charge in [-0.2, -0.15) is 0 Å². The summed E-state index contributed by atoms with van der Waals surface area (Å²) in [6, 6.07) is 14.5. The van der Waals surface area contributed by atoms with Gasteiger partial charge in [0.2, 0.25) is 0 Å². The number of pyridine rings is 1. The zero-order valence-corrected chi connectivity index (χ0v) is 16.4. The highest BCUT2D eigenvalue weighted by molar-refractivity contribution is 6.05. The molecule has 29 heavy (non-hydrogen) atoms. The number of nitrogens with one attached hydrogen (secondary N) is 2. The van der Waals surface area contributed by atoms with Crippen molar-refractivity contribution in [3.05, 3.63) is 94.8 Å². The number of furan rings is 1. The molecule has 2 heterocycles. The molecule has 0 fully saturated rings. The van der Waals surface area contributed by atoms with E-state index in [1.807, 2.05) is 38.1 Å². The van der Waals surface area contributed by atoms with Crippen LogP contribution in [-0.4, -0.2) is 23.3 Å². The highest BCUT2D eigenvalue weighted by Gasteiger charge is 2.15. The fourth-order valence-electron chi connectivity index (χ4n) is 2.70. The van der Waals surface area contributed by atoms with E-state index in [0.717, 1.165) is 16.8 Å². The Bertz CT molecular complexity index is 1010. The van der Waals surface area contributed by atoms with E-state index in [4.69, 9.17) is 4.42 Å². The Hall–Kier alpha value is -3.67. The number of rotatable bonds is 7. The van der Waals surface area contributed by atoms with Crippen molar-refractivity contribution in [2.75, 3.05) is 6.54 Å². The van der Waals surface area contributed by atoms with Gasteiger partial charge in [0.15, 0.2) is 0 Å². The molecule has 1 aromatic carbocycles. The summed E-state index contributed by atoms with van der Waals surface area (Å²) >= 11 is 0. The van der Waals surface area contributed by atoms with Crippen LogP contribution in [0.15, 0.2) is 71.1 Å². The number of aromatic nitrogens is 1. The van der Waals surface area contributed by atoms with E-state index in [-0.39, 0.29) is 11.6 Å². The molecule has 0 spiro atoms. The number of nitrogens with zero attached hydrogens (tertiary/aromatic N) is 1. The first-order chi connectivity index (χ1) is 14.0. The molecule has 6 heteroatoms. The summed E-state index contributed by atoms with van der Waals surface area (Å²) < 4.78 is 5.29. The van der Waals surface area contributed by atoms with Crippen LogP contribution >= 0.6 is 0 Å². The van der Waals surface area contributed by atoms with Crippen LogP contribution in [0, 0.1) is 13.8 Å². The van der Waals surface area contributed by atoms with Gasteiger partial charge in [-0.05, 0) is 61.4 Å². The molecule has 6 nitrogen and oxygen atoms in total. The molecule has 148 valence electrons. The standard InChI is InChI=1S/C23H23N3O3/c1-16-8-9-18(14-17(16)2)22(27)26-21(15-20-7-5-13-29-20)23(28)25-12-10-19-6-3-4-11-24-19/h3-9,11,13-15H,10,12H2,1-2H3,(H,25,28)(H,26,27). The Morgan fingerprint density at radius 3 is 2.62 bits per heavy atom. The van der Waals surface area contributed by atoms with Gasteiger partial charge in [-0.1, -0.05) is 12.1 Å². The summed E-state index contributed by atoms with van der Waals surface area (Å²) in [7, 11) is 0.